The van der Waals surface area contributed by atoms with Crippen LogP contribution in [0, 0.1) is 0 Å². The first kappa shape index (κ1) is 16.4. The van der Waals surface area contributed by atoms with Gasteiger partial charge in [-0.2, -0.15) is 0 Å². The van der Waals surface area contributed by atoms with Crippen LogP contribution in [-0.2, 0) is 12.8 Å². The van der Waals surface area contributed by atoms with Crippen LogP contribution >= 0.6 is 0 Å². The standard InChI is InChI=1S/C21H23N3O3/c22-17-16-13-7-2-3-8-14(13)18(15-9-6-12-26-15)23-20(16)27-19(17)21(25)24-10-4-1-5-11-24/h6,9,12H,1-5,7-8,10-11,22H2. The molecule has 1 aliphatic heterocycles. The number of aromatic nitrogens is 1. The second-order valence-corrected chi connectivity index (χ2v) is 7.48. The number of pyridine rings is 1. The summed E-state index contributed by atoms with van der Waals surface area (Å²) in [6, 6.07) is 3.77. The molecule has 0 bridgehead atoms. The zero-order valence-electron chi connectivity index (χ0n) is 15.3. The van der Waals surface area contributed by atoms with Crippen LogP contribution in [0.15, 0.2) is 27.2 Å². The molecule has 1 saturated heterocycles. The molecule has 0 unspecified atom stereocenters. The highest BCUT2D eigenvalue weighted by Crippen LogP contribution is 2.40. The average molecular weight is 365 g/mol. The van der Waals surface area contributed by atoms with Gasteiger partial charge in [0, 0.05) is 13.1 Å². The minimum atomic E-state index is -0.116. The number of anilines is 1. The lowest BCUT2D eigenvalue weighted by Crippen LogP contribution is -2.35. The molecule has 3 aromatic rings. The molecule has 1 aliphatic carbocycles. The summed E-state index contributed by atoms with van der Waals surface area (Å²) >= 11 is 0. The molecule has 3 aromatic heterocycles. The Labute approximate surface area is 157 Å². The molecule has 6 heteroatoms. The highest BCUT2D eigenvalue weighted by Gasteiger charge is 2.30. The molecule has 0 atom stereocenters. The van der Waals surface area contributed by atoms with E-state index in [1.54, 1.807) is 6.26 Å². The zero-order chi connectivity index (χ0) is 18.4. The number of fused-ring (bicyclic) bond motifs is 3. The molecule has 0 aromatic carbocycles. The van der Waals surface area contributed by atoms with Crippen LogP contribution in [0.5, 0.6) is 0 Å². The van der Waals surface area contributed by atoms with E-state index < -0.39 is 0 Å². The first-order chi connectivity index (χ1) is 13.2. The van der Waals surface area contributed by atoms with Crippen molar-refractivity contribution in [3.8, 4) is 11.5 Å². The van der Waals surface area contributed by atoms with Crippen molar-refractivity contribution in [3.05, 3.63) is 35.3 Å². The highest BCUT2D eigenvalue weighted by atomic mass is 16.4. The lowest BCUT2D eigenvalue weighted by atomic mass is 9.88. The van der Waals surface area contributed by atoms with E-state index in [2.05, 4.69) is 0 Å². The third kappa shape index (κ3) is 2.62. The Balaban J connectivity index is 1.68. The second kappa shape index (κ2) is 6.44. The summed E-state index contributed by atoms with van der Waals surface area (Å²) in [6.45, 7) is 1.52. The molecule has 140 valence electrons. The van der Waals surface area contributed by atoms with Crippen molar-refractivity contribution in [1.29, 1.82) is 0 Å². The number of carbonyl (C=O) groups is 1. The summed E-state index contributed by atoms with van der Waals surface area (Å²) in [5, 5.41) is 0.820. The maximum Gasteiger partial charge on any atom is 0.291 e. The van der Waals surface area contributed by atoms with Gasteiger partial charge in [-0.3, -0.25) is 4.79 Å². The number of nitrogens with zero attached hydrogens (tertiary/aromatic N) is 2. The second-order valence-electron chi connectivity index (χ2n) is 7.48. The van der Waals surface area contributed by atoms with Crippen molar-refractivity contribution in [2.45, 2.75) is 44.9 Å². The van der Waals surface area contributed by atoms with Gasteiger partial charge in [-0.1, -0.05) is 0 Å². The molecule has 4 heterocycles. The van der Waals surface area contributed by atoms with Gasteiger partial charge in [0.1, 0.15) is 5.69 Å². The van der Waals surface area contributed by atoms with Gasteiger partial charge in [0.2, 0.25) is 11.5 Å². The molecule has 6 nitrogen and oxygen atoms in total. The Kier molecular flexibility index (Phi) is 3.92. The van der Waals surface area contributed by atoms with Gasteiger partial charge in [-0.05, 0) is 68.2 Å². The first-order valence-electron chi connectivity index (χ1n) is 9.81. The zero-order valence-corrected chi connectivity index (χ0v) is 15.3. The molecule has 0 spiro atoms. The molecule has 0 saturated carbocycles. The van der Waals surface area contributed by atoms with E-state index in [0.717, 1.165) is 74.0 Å². The Bertz CT molecular complexity index is 998. The number of aryl methyl sites for hydroxylation is 1. The summed E-state index contributed by atoms with van der Waals surface area (Å²) in [4.78, 5) is 19.6. The number of likely N-dealkylation sites (tertiary alicyclic amines) is 1. The topological polar surface area (TPSA) is 85.5 Å². The molecule has 5 rings (SSSR count). The van der Waals surface area contributed by atoms with Gasteiger partial charge in [-0.15, -0.1) is 0 Å². The van der Waals surface area contributed by atoms with E-state index in [1.807, 2.05) is 17.0 Å². The summed E-state index contributed by atoms with van der Waals surface area (Å²) in [6.07, 6.45) is 8.95. The largest absolute Gasteiger partial charge is 0.463 e. The van der Waals surface area contributed by atoms with Crippen LogP contribution in [-0.4, -0.2) is 28.9 Å². The van der Waals surface area contributed by atoms with E-state index in [-0.39, 0.29) is 11.7 Å². The fraction of sp³-hybridized carbons (Fsp3) is 0.429. The molecule has 2 aliphatic rings. The number of rotatable bonds is 2. The lowest BCUT2D eigenvalue weighted by molar-refractivity contribution is 0.0695. The maximum absolute atomic E-state index is 13.0. The number of nitrogens with two attached hydrogens (primary N) is 1. The smallest absolute Gasteiger partial charge is 0.291 e. The van der Waals surface area contributed by atoms with E-state index in [9.17, 15) is 4.79 Å². The molecule has 1 fully saturated rings. The Morgan fingerprint density at radius 3 is 2.59 bits per heavy atom. The van der Waals surface area contributed by atoms with Crippen molar-refractivity contribution in [3.63, 3.8) is 0 Å². The number of carbonyl (C=O) groups excluding carboxylic acids is 1. The summed E-state index contributed by atoms with van der Waals surface area (Å²) in [7, 11) is 0. The number of furan rings is 2. The third-order valence-corrected chi connectivity index (χ3v) is 5.79. The van der Waals surface area contributed by atoms with Crippen LogP contribution < -0.4 is 5.73 Å². The predicted octanol–water partition coefficient (Wildman–Crippen LogP) is 4.17. The maximum atomic E-state index is 13.0. The predicted molar refractivity (Wildman–Crippen MR) is 103 cm³/mol. The fourth-order valence-electron chi connectivity index (χ4n) is 4.43. The van der Waals surface area contributed by atoms with Crippen molar-refractivity contribution in [2.24, 2.45) is 0 Å². The normalized spacial score (nSPS) is 17.3. The monoisotopic (exact) mass is 365 g/mol. The van der Waals surface area contributed by atoms with Gasteiger partial charge in [-0.25, -0.2) is 4.98 Å². The lowest BCUT2D eigenvalue weighted by Gasteiger charge is -2.25. The van der Waals surface area contributed by atoms with Crippen molar-refractivity contribution >= 4 is 22.7 Å². The Hall–Kier alpha value is -2.76. The van der Waals surface area contributed by atoms with Crippen LogP contribution in [0.25, 0.3) is 22.6 Å². The van der Waals surface area contributed by atoms with Gasteiger partial charge < -0.3 is 19.5 Å². The van der Waals surface area contributed by atoms with Crippen molar-refractivity contribution in [1.82, 2.24) is 9.88 Å². The quantitative estimate of drug-likeness (QED) is 0.736. The van der Waals surface area contributed by atoms with Gasteiger partial charge in [0.15, 0.2) is 5.76 Å². The van der Waals surface area contributed by atoms with Gasteiger partial charge >= 0.3 is 0 Å². The first-order valence-corrected chi connectivity index (χ1v) is 9.81. The van der Waals surface area contributed by atoms with E-state index in [0.29, 0.717) is 11.4 Å². The Morgan fingerprint density at radius 2 is 1.85 bits per heavy atom. The molecule has 2 N–H and O–H groups in total. The minimum Gasteiger partial charge on any atom is -0.463 e. The molecule has 1 amide bonds. The number of hydrogen-bond acceptors (Lipinski definition) is 5. The van der Waals surface area contributed by atoms with E-state index in [1.165, 1.54) is 12.0 Å². The van der Waals surface area contributed by atoms with E-state index >= 15 is 0 Å². The molecular formula is C21H23N3O3. The highest BCUT2D eigenvalue weighted by molar-refractivity contribution is 6.06. The molecule has 0 radical (unpaired) electrons. The summed E-state index contributed by atoms with van der Waals surface area (Å²) in [5.41, 5.74) is 10.5. The summed E-state index contributed by atoms with van der Waals surface area (Å²) < 4.78 is 11.6. The number of nitrogen functional groups attached to an aromatic ring is 1. The van der Waals surface area contributed by atoms with Crippen LogP contribution in [0.4, 0.5) is 5.69 Å². The molecular weight excluding hydrogens is 342 g/mol. The van der Waals surface area contributed by atoms with Crippen LogP contribution in [0.1, 0.15) is 53.8 Å². The number of amides is 1. The number of piperidine rings is 1. The van der Waals surface area contributed by atoms with Gasteiger partial charge in [0.25, 0.3) is 5.91 Å². The van der Waals surface area contributed by atoms with Crippen molar-refractivity contribution in [2.75, 3.05) is 18.8 Å². The Morgan fingerprint density at radius 1 is 1.07 bits per heavy atom. The summed E-state index contributed by atoms with van der Waals surface area (Å²) in [5.74, 6) is 0.854. The number of hydrogen-bond donors (Lipinski definition) is 1. The SMILES string of the molecule is Nc1c(C(=O)N2CCCCC2)oc2nc(-c3ccco3)c3c(c12)CCCC3. The fourth-order valence-corrected chi connectivity index (χ4v) is 4.43. The van der Waals surface area contributed by atoms with E-state index in [4.69, 9.17) is 19.6 Å². The minimum absolute atomic E-state index is 0.116. The molecule has 27 heavy (non-hydrogen) atoms. The van der Waals surface area contributed by atoms with Crippen LogP contribution in [0.2, 0.25) is 0 Å². The average Bonchev–Trinajstić information content (AvgIpc) is 3.36. The van der Waals surface area contributed by atoms with Crippen molar-refractivity contribution < 1.29 is 13.6 Å². The third-order valence-electron chi connectivity index (χ3n) is 5.79. The van der Waals surface area contributed by atoms with Crippen LogP contribution in [0.3, 0.4) is 0 Å². The van der Waals surface area contributed by atoms with Gasteiger partial charge in [0.05, 0.1) is 17.3 Å².